The first-order valence-electron chi connectivity index (χ1n) is 6.20. The fraction of sp³-hybridized carbons (Fsp3) is 0.133. The molecule has 0 spiro atoms. The Hall–Kier alpha value is -1.12. The van der Waals surface area contributed by atoms with Crippen molar-refractivity contribution >= 4 is 38.9 Å². The molecule has 0 aliphatic rings. The minimum Gasteiger partial charge on any atom is -0.478 e. The van der Waals surface area contributed by atoms with Crippen molar-refractivity contribution in [3.63, 3.8) is 0 Å². The average Bonchev–Trinajstić information content (AvgIpc) is 2.48. The number of aliphatic hydroxyl groups is 1. The van der Waals surface area contributed by atoms with E-state index in [2.05, 4.69) is 14.5 Å². The number of aliphatic imine (C=N–C) groups is 1. The maximum absolute atomic E-state index is 9.49. The van der Waals surface area contributed by atoms with Crippen molar-refractivity contribution < 1.29 is 9.63 Å². The molecule has 2 aromatic carbocycles. The van der Waals surface area contributed by atoms with Crippen molar-refractivity contribution in [1.82, 2.24) is 0 Å². The minimum atomic E-state index is -0.346. The van der Waals surface area contributed by atoms with Gasteiger partial charge in [-0.25, -0.2) is 0 Å². The second-order valence-electron chi connectivity index (χ2n) is 4.31. The molecule has 110 valence electrons. The molecule has 21 heavy (non-hydrogen) atoms. The van der Waals surface area contributed by atoms with Gasteiger partial charge in [0.25, 0.3) is 0 Å². The minimum absolute atomic E-state index is 0.0914. The summed E-state index contributed by atoms with van der Waals surface area (Å²) in [5.74, 6) is 0.472. The molecule has 0 bridgehead atoms. The summed E-state index contributed by atoms with van der Waals surface area (Å²) in [5.41, 5.74) is 1.58. The van der Waals surface area contributed by atoms with E-state index in [-0.39, 0.29) is 12.6 Å². The van der Waals surface area contributed by atoms with E-state index in [0.29, 0.717) is 21.4 Å². The lowest BCUT2D eigenvalue weighted by atomic mass is 10.1. The van der Waals surface area contributed by atoms with Crippen LogP contribution in [0.5, 0.6) is 5.75 Å². The summed E-state index contributed by atoms with van der Waals surface area (Å²) in [6.45, 7) is -0.0914. The number of nitrogens with zero attached hydrogens (tertiary/aromatic N) is 1. The molecule has 3 nitrogen and oxygen atoms in total. The molecule has 0 aliphatic carbocycles. The Labute approximate surface area is 135 Å². The highest BCUT2D eigenvalue weighted by atomic mass is 35.5. The standard InChI is InChI=1S/C15H14Cl2NO2P/c16-12-6-11(15(20-21)13(17)7-12)8-18-14(9-19)10-4-2-1-3-5-10/h1-8,14,19H,9,21H2/t14-/m1/s1. The molecule has 0 fully saturated rings. The molecule has 2 rings (SSSR count). The Morgan fingerprint density at radius 3 is 2.57 bits per heavy atom. The molecule has 0 amide bonds. The Morgan fingerprint density at radius 2 is 1.95 bits per heavy atom. The van der Waals surface area contributed by atoms with Crippen LogP contribution in [0.3, 0.4) is 0 Å². The highest BCUT2D eigenvalue weighted by Crippen LogP contribution is 2.33. The van der Waals surface area contributed by atoms with Gasteiger partial charge < -0.3 is 9.63 Å². The zero-order chi connectivity index (χ0) is 15.2. The first-order valence-corrected chi connectivity index (χ1v) is 7.43. The van der Waals surface area contributed by atoms with Gasteiger partial charge in [-0.2, -0.15) is 0 Å². The van der Waals surface area contributed by atoms with E-state index in [1.54, 1.807) is 18.3 Å². The van der Waals surface area contributed by atoms with E-state index in [1.807, 2.05) is 30.3 Å². The molecular weight excluding hydrogens is 328 g/mol. The van der Waals surface area contributed by atoms with Gasteiger partial charge in [-0.1, -0.05) is 53.5 Å². The Balaban J connectivity index is 2.32. The summed E-state index contributed by atoms with van der Waals surface area (Å²) in [5, 5.41) is 10.4. The first-order chi connectivity index (χ1) is 10.2. The molecule has 2 atom stereocenters. The van der Waals surface area contributed by atoms with Gasteiger partial charge in [0.15, 0.2) is 0 Å². The fourth-order valence-corrected chi connectivity index (χ4v) is 2.78. The SMILES string of the molecule is OC[C@@H](N=Cc1cc(Cl)cc(Cl)c1OP)c1ccccc1. The lowest BCUT2D eigenvalue weighted by Crippen LogP contribution is -2.02. The zero-order valence-electron chi connectivity index (χ0n) is 11.0. The van der Waals surface area contributed by atoms with Gasteiger partial charge in [-0.05, 0) is 17.7 Å². The number of halogens is 2. The predicted octanol–water partition coefficient (Wildman–Crippen LogP) is 4.31. The lowest BCUT2D eigenvalue weighted by Gasteiger charge is -2.11. The molecule has 0 saturated carbocycles. The third-order valence-electron chi connectivity index (χ3n) is 2.91. The van der Waals surface area contributed by atoms with Gasteiger partial charge in [0.2, 0.25) is 0 Å². The number of aliphatic hydroxyl groups excluding tert-OH is 1. The molecule has 2 aromatic rings. The van der Waals surface area contributed by atoms with Crippen molar-refractivity contribution in [2.24, 2.45) is 4.99 Å². The van der Waals surface area contributed by atoms with Gasteiger partial charge in [0, 0.05) is 16.8 Å². The summed E-state index contributed by atoms with van der Waals surface area (Å²) in [4.78, 5) is 4.39. The Kier molecular flexibility index (Phi) is 6.01. The van der Waals surface area contributed by atoms with E-state index < -0.39 is 0 Å². The largest absolute Gasteiger partial charge is 0.478 e. The molecule has 0 aliphatic heterocycles. The van der Waals surface area contributed by atoms with Gasteiger partial charge in [-0.3, -0.25) is 4.99 Å². The summed E-state index contributed by atoms with van der Waals surface area (Å²) in [6.07, 6.45) is 1.60. The number of benzene rings is 2. The summed E-state index contributed by atoms with van der Waals surface area (Å²) in [6, 6.07) is 12.5. The number of hydrogen-bond acceptors (Lipinski definition) is 3. The molecule has 0 aromatic heterocycles. The van der Waals surface area contributed by atoms with Crippen LogP contribution in [-0.2, 0) is 0 Å². The zero-order valence-corrected chi connectivity index (χ0v) is 13.7. The lowest BCUT2D eigenvalue weighted by molar-refractivity contribution is 0.269. The third-order valence-corrected chi connectivity index (χ3v) is 3.64. The van der Waals surface area contributed by atoms with Crippen molar-refractivity contribution in [1.29, 1.82) is 0 Å². The van der Waals surface area contributed by atoms with Crippen LogP contribution in [0.1, 0.15) is 17.2 Å². The normalized spacial score (nSPS) is 12.6. The molecular formula is C15H14Cl2NO2P. The van der Waals surface area contributed by atoms with Gasteiger partial charge >= 0.3 is 0 Å². The van der Waals surface area contributed by atoms with Crippen LogP contribution < -0.4 is 4.52 Å². The summed E-state index contributed by atoms with van der Waals surface area (Å²) in [7, 11) is 2.15. The molecule has 0 saturated heterocycles. The van der Waals surface area contributed by atoms with Crippen LogP contribution in [0.15, 0.2) is 47.5 Å². The van der Waals surface area contributed by atoms with Gasteiger partial charge in [-0.15, -0.1) is 0 Å². The highest BCUT2D eigenvalue weighted by Gasteiger charge is 2.10. The molecule has 1 unspecified atom stereocenters. The van der Waals surface area contributed by atoms with Crippen molar-refractivity contribution in [2.75, 3.05) is 6.61 Å². The fourth-order valence-electron chi connectivity index (χ4n) is 1.88. The average molecular weight is 342 g/mol. The maximum atomic E-state index is 9.49. The van der Waals surface area contributed by atoms with E-state index in [0.717, 1.165) is 5.56 Å². The third kappa shape index (κ3) is 4.18. The van der Waals surface area contributed by atoms with Crippen molar-refractivity contribution in [3.8, 4) is 5.75 Å². The van der Waals surface area contributed by atoms with Gasteiger partial charge in [0.1, 0.15) is 5.75 Å². The van der Waals surface area contributed by atoms with E-state index >= 15 is 0 Å². The molecule has 1 N–H and O–H groups in total. The number of rotatable bonds is 5. The quantitative estimate of drug-likeness (QED) is 0.650. The van der Waals surface area contributed by atoms with Crippen LogP contribution in [0.4, 0.5) is 0 Å². The Morgan fingerprint density at radius 1 is 1.24 bits per heavy atom. The van der Waals surface area contributed by atoms with Crippen molar-refractivity contribution in [2.45, 2.75) is 6.04 Å². The maximum Gasteiger partial charge on any atom is 0.149 e. The second-order valence-corrected chi connectivity index (χ2v) is 5.39. The molecule has 6 heteroatoms. The van der Waals surface area contributed by atoms with E-state index in [1.165, 1.54) is 0 Å². The monoisotopic (exact) mass is 341 g/mol. The Bertz CT molecular complexity index is 635. The summed E-state index contributed by atoms with van der Waals surface area (Å²) < 4.78 is 5.18. The molecule has 0 radical (unpaired) electrons. The second kappa shape index (κ2) is 7.77. The van der Waals surface area contributed by atoms with Crippen LogP contribution in [0.25, 0.3) is 0 Å². The van der Waals surface area contributed by atoms with Crippen LogP contribution in [0.2, 0.25) is 10.0 Å². The molecule has 0 heterocycles. The number of hydrogen-bond donors (Lipinski definition) is 1. The van der Waals surface area contributed by atoms with Crippen LogP contribution in [-0.4, -0.2) is 17.9 Å². The van der Waals surface area contributed by atoms with E-state index in [9.17, 15) is 5.11 Å². The van der Waals surface area contributed by atoms with E-state index in [4.69, 9.17) is 27.7 Å². The predicted molar refractivity (Wildman–Crippen MR) is 90.7 cm³/mol. The van der Waals surface area contributed by atoms with Crippen LogP contribution in [0, 0.1) is 0 Å². The van der Waals surface area contributed by atoms with Crippen molar-refractivity contribution in [3.05, 3.63) is 63.6 Å². The van der Waals surface area contributed by atoms with Gasteiger partial charge in [0.05, 0.1) is 27.1 Å². The smallest absolute Gasteiger partial charge is 0.149 e. The summed E-state index contributed by atoms with van der Waals surface area (Å²) >= 11 is 12.1. The van der Waals surface area contributed by atoms with Crippen LogP contribution >= 0.6 is 32.7 Å². The first kappa shape index (κ1) is 16.3. The highest BCUT2D eigenvalue weighted by molar-refractivity contribution is 7.10. The topological polar surface area (TPSA) is 41.8 Å².